The van der Waals surface area contributed by atoms with Gasteiger partial charge in [-0.15, -0.1) is 11.3 Å². The Kier molecular flexibility index (Phi) is 3.18. The standard InChI is InChI=1S/C12H10N2OS/c13-9-10-3-1-6-14(12(10)15)7-5-11-4-2-8-16-11/h1-4,6,8H,5,7H2. The SMILES string of the molecule is N#Cc1cccn(CCc2cccs2)c1=O. The molecule has 0 saturated carbocycles. The summed E-state index contributed by atoms with van der Waals surface area (Å²) in [5, 5.41) is 10.8. The molecule has 0 amide bonds. The lowest BCUT2D eigenvalue weighted by Gasteiger charge is -2.03. The van der Waals surface area contributed by atoms with Gasteiger partial charge >= 0.3 is 0 Å². The van der Waals surface area contributed by atoms with E-state index < -0.39 is 0 Å². The van der Waals surface area contributed by atoms with Crippen molar-refractivity contribution in [2.45, 2.75) is 13.0 Å². The van der Waals surface area contributed by atoms with Crippen molar-refractivity contribution in [2.24, 2.45) is 0 Å². The Bertz CT molecular complexity index is 563. The normalized spacial score (nSPS) is 9.94. The highest BCUT2D eigenvalue weighted by Crippen LogP contribution is 2.09. The average Bonchev–Trinajstić information content (AvgIpc) is 2.81. The third-order valence-electron chi connectivity index (χ3n) is 2.32. The molecule has 0 saturated heterocycles. The Morgan fingerprint density at radius 3 is 2.94 bits per heavy atom. The zero-order valence-electron chi connectivity index (χ0n) is 8.59. The summed E-state index contributed by atoms with van der Waals surface area (Å²) >= 11 is 1.68. The minimum absolute atomic E-state index is 0.202. The molecular weight excluding hydrogens is 220 g/mol. The molecule has 0 aliphatic carbocycles. The molecule has 3 nitrogen and oxygen atoms in total. The molecule has 0 fully saturated rings. The first-order valence-electron chi connectivity index (χ1n) is 4.93. The molecule has 0 aliphatic rings. The van der Waals surface area contributed by atoms with Gasteiger partial charge in [-0.3, -0.25) is 4.79 Å². The van der Waals surface area contributed by atoms with E-state index in [2.05, 4.69) is 0 Å². The quantitative estimate of drug-likeness (QED) is 0.809. The first kappa shape index (κ1) is 10.7. The fourth-order valence-corrected chi connectivity index (χ4v) is 2.18. The van der Waals surface area contributed by atoms with E-state index in [0.717, 1.165) is 6.42 Å². The second-order valence-corrected chi connectivity index (χ2v) is 4.39. The maximum Gasteiger partial charge on any atom is 0.268 e. The maximum absolute atomic E-state index is 11.7. The van der Waals surface area contributed by atoms with E-state index in [9.17, 15) is 4.79 Å². The van der Waals surface area contributed by atoms with E-state index in [-0.39, 0.29) is 11.1 Å². The third-order valence-corrected chi connectivity index (χ3v) is 3.26. The summed E-state index contributed by atoms with van der Waals surface area (Å²) in [6.07, 6.45) is 2.54. The Hall–Kier alpha value is -1.86. The molecule has 2 aromatic heterocycles. The van der Waals surface area contributed by atoms with Crippen molar-refractivity contribution in [3.05, 3.63) is 56.6 Å². The van der Waals surface area contributed by atoms with Crippen LogP contribution < -0.4 is 5.56 Å². The lowest BCUT2D eigenvalue weighted by Crippen LogP contribution is -2.22. The fraction of sp³-hybridized carbons (Fsp3) is 0.167. The minimum atomic E-state index is -0.207. The fourth-order valence-electron chi connectivity index (χ4n) is 1.48. The second-order valence-electron chi connectivity index (χ2n) is 3.36. The number of pyridine rings is 1. The van der Waals surface area contributed by atoms with E-state index in [4.69, 9.17) is 5.26 Å². The summed E-state index contributed by atoms with van der Waals surface area (Å²) < 4.78 is 1.58. The van der Waals surface area contributed by atoms with Crippen LogP contribution in [0, 0.1) is 11.3 Å². The van der Waals surface area contributed by atoms with Crippen molar-refractivity contribution in [1.29, 1.82) is 5.26 Å². The van der Waals surface area contributed by atoms with Crippen molar-refractivity contribution in [3.63, 3.8) is 0 Å². The molecule has 0 radical (unpaired) electrons. The number of aromatic nitrogens is 1. The number of hydrogen-bond donors (Lipinski definition) is 0. The summed E-state index contributed by atoms with van der Waals surface area (Å²) in [5.74, 6) is 0. The van der Waals surface area contributed by atoms with Crippen molar-refractivity contribution >= 4 is 11.3 Å². The number of nitriles is 1. The van der Waals surface area contributed by atoms with Crippen molar-refractivity contribution in [1.82, 2.24) is 4.57 Å². The van der Waals surface area contributed by atoms with Gasteiger partial charge in [-0.05, 0) is 30.0 Å². The van der Waals surface area contributed by atoms with Gasteiger partial charge in [0.05, 0.1) is 0 Å². The predicted molar refractivity (Wildman–Crippen MR) is 63.4 cm³/mol. The van der Waals surface area contributed by atoms with Gasteiger partial charge in [0.2, 0.25) is 0 Å². The molecule has 4 heteroatoms. The summed E-state index contributed by atoms with van der Waals surface area (Å²) in [6.45, 7) is 0.620. The average molecular weight is 230 g/mol. The van der Waals surface area contributed by atoms with Gasteiger partial charge in [-0.2, -0.15) is 5.26 Å². The molecule has 2 rings (SSSR count). The Labute approximate surface area is 97.2 Å². The molecule has 2 heterocycles. The van der Waals surface area contributed by atoms with Crippen LogP contribution in [0.4, 0.5) is 0 Å². The predicted octanol–water partition coefficient (Wildman–Crippen LogP) is 2.02. The van der Waals surface area contributed by atoms with E-state index in [1.807, 2.05) is 23.6 Å². The minimum Gasteiger partial charge on any atom is -0.314 e. The van der Waals surface area contributed by atoms with Crippen LogP contribution in [-0.4, -0.2) is 4.57 Å². The smallest absolute Gasteiger partial charge is 0.268 e. The summed E-state index contributed by atoms with van der Waals surface area (Å²) in [7, 11) is 0. The number of rotatable bonds is 3. The molecule has 0 atom stereocenters. The van der Waals surface area contributed by atoms with Gasteiger partial charge in [0.25, 0.3) is 5.56 Å². The molecule has 2 aromatic rings. The summed E-state index contributed by atoms with van der Waals surface area (Å²) in [4.78, 5) is 12.9. The molecule has 0 unspecified atom stereocenters. The van der Waals surface area contributed by atoms with Crippen molar-refractivity contribution in [2.75, 3.05) is 0 Å². The molecule has 0 aromatic carbocycles. The van der Waals surface area contributed by atoms with Crippen molar-refractivity contribution in [3.8, 4) is 6.07 Å². The number of hydrogen-bond acceptors (Lipinski definition) is 3. The zero-order chi connectivity index (χ0) is 11.4. The van der Waals surface area contributed by atoms with Crippen LogP contribution in [0.5, 0.6) is 0 Å². The second kappa shape index (κ2) is 4.77. The topological polar surface area (TPSA) is 45.8 Å². The highest BCUT2D eigenvalue weighted by molar-refractivity contribution is 7.09. The van der Waals surface area contributed by atoms with Gasteiger partial charge in [-0.1, -0.05) is 6.07 Å². The number of nitrogens with zero attached hydrogens (tertiary/aromatic N) is 2. The Morgan fingerprint density at radius 1 is 1.38 bits per heavy atom. The molecule has 80 valence electrons. The molecule has 16 heavy (non-hydrogen) atoms. The van der Waals surface area contributed by atoms with E-state index in [1.165, 1.54) is 4.88 Å². The summed E-state index contributed by atoms with van der Waals surface area (Å²) in [6, 6.07) is 9.21. The van der Waals surface area contributed by atoms with Gasteiger partial charge < -0.3 is 4.57 Å². The Balaban J connectivity index is 2.17. The van der Waals surface area contributed by atoms with Gasteiger partial charge in [0, 0.05) is 17.6 Å². The van der Waals surface area contributed by atoms with Crippen LogP contribution in [-0.2, 0) is 13.0 Å². The monoisotopic (exact) mass is 230 g/mol. The van der Waals surface area contributed by atoms with Crippen LogP contribution in [0.1, 0.15) is 10.4 Å². The van der Waals surface area contributed by atoms with Crippen molar-refractivity contribution < 1.29 is 0 Å². The van der Waals surface area contributed by atoms with Crippen LogP contribution in [0.15, 0.2) is 40.6 Å². The lowest BCUT2D eigenvalue weighted by molar-refractivity contribution is 0.673. The molecule has 0 bridgehead atoms. The molecule has 0 spiro atoms. The zero-order valence-corrected chi connectivity index (χ0v) is 9.41. The molecule has 0 aliphatic heterocycles. The molecule has 0 N–H and O–H groups in total. The first-order valence-corrected chi connectivity index (χ1v) is 5.81. The number of thiophene rings is 1. The lowest BCUT2D eigenvalue weighted by atomic mass is 10.3. The molecular formula is C12H10N2OS. The van der Waals surface area contributed by atoms with E-state index in [0.29, 0.717) is 6.54 Å². The van der Waals surface area contributed by atoms with E-state index in [1.54, 1.807) is 34.2 Å². The van der Waals surface area contributed by atoms with Crippen LogP contribution in [0.3, 0.4) is 0 Å². The third kappa shape index (κ3) is 2.20. The Morgan fingerprint density at radius 2 is 2.25 bits per heavy atom. The van der Waals surface area contributed by atoms with Gasteiger partial charge in [0.15, 0.2) is 0 Å². The van der Waals surface area contributed by atoms with Gasteiger partial charge in [-0.25, -0.2) is 0 Å². The van der Waals surface area contributed by atoms with Crippen LogP contribution in [0.25, 0.3) is 0 Å². The summed E-state index contributed by atoms with van der Waals surface area (Å²) in [5.41, 5.74) is -0.00441. The highest BCUT2D eigenvalue weighted by atomic mass is 32.1. The van der Waals surface area contributed by atoms with Crippen LogP contribution in [0.2, 0.25) is 0 Å². The number of aryl methyl sites for hydroxylation is 2. The first-order chi connectivity index (χ1) is 7.81. The largest absolute Gasteiger partial charge is 0.314 e. The maximum atomic E-state index is 11.7. The van der Waals surface area contributed by atoms with Gasteiger partial charge in [0.1, 0.15) is 11.6 Å². The highest BCUT2D eigenvalue weighted by Gasteiger charge is 2.02. The van der Waals surface area contributed by atoms with E-state index >= 15 is 0 Å². The van der Waals surface area contributed by atoms with Crippen LogP contribution >= 0.6 is 11.3 Å².